The van der Waals surface area contributed by atoms with Crippen LogP contribution in [0, 0.1) is 11.8 Å². The molecule has 2 heterocycles. The van der Waals surface area contributed by atoms with Crippen molar-refractivity contribution < 1.29 is 10.0 Å². The molecular weight excluding hydrogens is 352 g/mol. The van der Waals surface area contributed by atoms with Crippen molar-refractivity contribution >= 4 is 5.91 Å². The lowest BCUT2D eigenvalue weighted by Crippen LogP contribution is -2.37. The predicted molar refractivity (Wildman–Crippen MR) is 113 cm³/mol. The molecule has 1 amide bonds. The molecule has 0 spiro atoms. The monoisotopic (exact) mass is 388 g/mol. The number of nitrogens with one attached hydrogen (secondary N) is 2. The summed E-state index contributed by atoms with van der Waals surface area (Å²) in [6, 6.07) is 0. The van der Waals surface area contributed by atoms with Gasteiger partial charge in [0.25, 0.3) is 5.91 Å². The number of carbonyl (C=O) groups excluding carboxylic acids is 1. The fraction of sp³-hybridized carbons (Fsp3) is 0.591. The second-order valence-electron chi connectivity index (χ2n) is 8.36. The number of fused-ring (bicyclic) bond motifs is 1. The number of nitrogens with zero attached hydrogens (tertiary/aromatic N) is 2. The third-order valence-corrected chi connectivity index (χ3v) is 5.05. The van der Waals surface area contributed by atoms with Crippen LogP contribution in [0.25, 0.3) is 0 Å². The maximum Gasteiger partial charge on any atom is 0.267 e. The van der Waals surface area contributed by atoms with Crippen molar-refractivity contribution in [1.82, 2.24) is 20.6 Å². The van der Waals surface area contributed by atoms with E-state index in [-0.39, 0.29) is 6.17 Å². The van der Waals surface area contributed by atoms with Crippen LogP contribution in [0.5, 0.6) is 0 Å². The van der Waals surface area contributed by atoms with Gasteiger partial charge in [-0.1, -0.05) is 34.6 Å². The number of hydroxylamine groups is 1. The highest BCUT2D eigenvalue weighted by Crippen LogP contribution is 2.30. The highest BCUT2D eigenvalue weighted by Gasteiger charge is 2.31. The molecule has 2 aliphatic rings. The standard InChI is InChI=1S/C22H36N4O2/c1-6-25(11-9-16(2)3)15-20-19(13-17(4)5)23-21-14-18(10-12-26(20)21)7-8-22(27)24-28/h7-8,10,12,14,16-17,21,23,28H,6,9,11,13,15H2,1-5H3,(H,24,27)/b8-7+. The lowest BCUT2D eigenvalue weighted by Gasteiger charge is -2.30. The fourth-order valence-electron chi connectivity index (χ4n) is 3.45. The zero-order valence-corrected chi connectivity index (χ0v) is 17.9. The second kappa shape index (κ2) is 10.5. The normalized spacial score (nSPS) is 19.1. The highest BCUT2D eigenvalue weighted by atomic mass is 16.5. The molecule has 0 aromatic carbocycles. The largest absolute Gasteiger partial charge is 0.364 e. The van der Waals surface area contributed by atoms with Crippen molar-refractivity contribution in [3.8, 4) is 0 Å². The molecule has 1 unspecified atom stereocenters. The summed E-state index contributed by atoms with van der Waals surface area (Å²) >= 11 is 0. The van der Waals surface area contributed by atoms with E-state index < -0.39 is 5.91 Å². The molecule has 6 nitrogen and oxygen atoms in total. The molecule has 156 valence electrons. The van der Waals surface area contributed by atoms with E-state index >= 15 is 0 Å². The Hall–Kier alpha value is -2.05. The highest BCUT2D eigenvalue weighted by molar-refractivity contribution is 5.87. The summed E-state index contributed by atoms with van der Waals surface area (Å²) in [6.45, 7) is 14.3. The van der Waals surface area contributed by atoms with Crippen LogP contribution in [0.4, 0.5) is 0 Å². The number of amides is 1. The predicted octanol–water partition coefficient (Wildman–Crippen LogP) is 3.36. The molecule has 2 rings (SSSR count). The van der Waals surface area contributed by atoms with Gasteiger partial charge in [0.05, 0.1) is 5.70 Å². The van der Waals surface area contributed by atoms with Gasteiger partial charge in [-0.25, -0.2) is 5.48 Å². The van der Waals surface area contributed by atoms with Crippen LogP contribution >= 0.6 is 0 Å². The molecule has 2 aliphatic heterocycles. The molecule has 3 N–H and O–H groups in total. The van der Waals surface area contributed by atoms with E-state index in [1.54, 1.807) is 11.6 Å². The molecule has 0 aromatic rings. The van der Waals surface area contributed by atoms with Gasteiger partial charge in [0.1, 0.15) is 6.17 Å². The van der Waals surface area contributed by atoms with Gasteiger partial charge in [0, 0.05) is 24.5 Å². The van der Waals surface area contributed by atoms with Gasteiger partial charge in [0.15, 0.2) is 0 Å². The molecule has 0 radical (unpaired) electrons. The Morgan fingerprint density at radius 2 is 2.11 bits per heavy atom. The van der Waals surface area contributed by atoms with Crippen LogP contribution in [0.3, 0.4) is 0 Å². The van der Waals surface area contributed by atoms with Crippen LogP contribution in [0.15, 0.2) is 47.5 Å². The minimum Gasteiger partial charge on any atom is -0.364 e. The van der Waals surface area contributed by atoms with Gasteiger partial charge in [-0.2, -0.15) is 0 Å². The molecule has 0 aromatic heterocycles. The number of likely N-dealkylation sites (N-methyl/N-ethyl adjacent to an activating group) is 1. The van der Waals surface area contributed by atoms with Crippen molar-refractivity contribution in [1.29, 1.82) is 0 Å². The number of allylic oxidation sites excluding steroid dienone is 4. The van der Waals surface area contributed by atoms with Crippen molar-refractivity contribution in [2.45, 2.75) is 53.6 Å². The molecule has 28 heavy (non-hydrogen) atoms. The Bertz CT molecular complexity index is 661. The first kappa shape index (κ1) is 22.2. The summed E-state index contributed by atoms with van der Waals surface area (Å²) in [5, 5.41) is 12.3. The molecule has 0 saturated heterocycles. The van der Waals surface area contributed by atoms with Crippen LogP contribution in [0.2, 0.25) is 0 Å². The van der Waals surface area contributed by atoms with E-state index in [1.807, 2.05) is 6.08 Å². The lowest BCUT2D eigenvalue weighted by atomic mass is 10.1. The minimum absolute atomic E-state index is 0.0643. The quantitative estimate of drug-likeness (QED) is 0.304. The van der Waals surface area contributed by atoms with E-state index in [2.05, 4.69) is 62.0 Å². The fourth-order valence-corrected chi connectivity index (χ4v) is 3.45. The van der Waals surface area contributed by atoms with Gasteiger partial charge in [-0.05, 0) is 61.6 Å². The molecule has 0 bridgehead atoms. The summed E-state index contributed by atoms with van der Waals surface area (Å²) in [4.78, 5) is 16.0. The molecular formula is C22H36N4O2. The Kier molecular flexibility index (Phi) is 8.33. The first-order chi connectivity index (χ1) is 13.3. The van der Waals surface area contributed by atoms with Crippen molar-refractivity contribution in [2.75, 3.05) is 19.6 Å². The summed E-state index contributed by atoms with van der Waals surface area (Å²) in [7, 11) is 0. The maximum absolute atomic E-state index is 11.2. The lowest BCUT2D eigenvalue weighted by molar-refractivity contribution is -0.124. The van der Waals surface area contributed by atoms with Gasteiger partial charge in [-0.15, -0.1) is 0 Å². The number of rotatable bonds is 10. The van der Waals surface area contributed by atoms with Gasteiger partial charge >= 0.3 is 0 Å². The zero-order valence-electron chi connectivity index (χ0n) is 17.9. The van der Waals surface area contributed by atoms with E-state index in [1.165, 1.54) is 23.9 Å². The van der Waals surface area contributed by atoms with Crippen molar-refractivity contribution in [2.24, 2.45) is 11.8 Å². The topological polar surface area (TPSA) is 67.8 Å². The third-order valence-electron chi connectivity index (χ3n) is 5.05. The van der Waals surface area contributed by atoms with Crippen molar-refractivity contribution in [3.63, 3.8) is 0 Å². The van der Waals surface area contributed by atoms with E-state index in [0.29, 0.717) is 11.8 Å². The van der Waals surface area contributed by atoms with Crippen molar-refractivity contribution in [3.05, 3.63) is 47.5 Å². The minimum atomic E-state index is -0.529. The summed E-state index contributed by atoms with van der Waals surface area (Å²) in [6.07, 6.45) is 11.5. The average molecular weight is 389 g/mol. The van der Waals surface area contributed by atoms with Crippen LogP contribution in [-0.2, 0) is 4.79 Å². The molecule has 1 atom stereocenters. The smallest absolute Gasteiger partial charge is 0.267 e. The molecule has 0 fully saturated rings. The number of hydrogen-bond acceptors (Lipinski definition) is 5. The van der Waals surface area contributed by atoms with Gasteiger partial charge in [-0.3, -0.25) is 14.9 Å². The Balaban J connectivity index is 2.16. The Morgan fingerprint density at radius 1 is 1.36 bits per heavy atom. The second-order valence-corrected chi connectivity index (χ2v) is 8.36. The summed E-state index contributed by atoms with van der Waals surface area (Å²) in [5.74, 6) is 0.750. The Morgan fingerprint density at radius 3 is 2.71 bits per heavy atom. The van der Waals surface area contributed by atoms with Gasteiger partial charge in [0.2, 0.25) is 0 Å². The zero-order chi connectivity index (χ0) is 20.7. The van der Waals surface area contributed by atoms with E-state index in [4.69, 9.17) is 5.21 Å². The van der Waals surface area contributed by atoms with Crippen LogP contribution in [-0.4, -0.2) is 46.7 Å². The molecule has 6 heteroatoms. The number of carbonyl (C=O) groups is 1. The van der Waals surface area contributed by atoms with E-state index in [0.717, 1.165) is 31.6 Å². The third kappa shape index (κ3) is 6.24. The Labute approximate surface area is 169 Å². The molecule has 0 saturated carbocycles. The SMILES string of the molecule is CCN(CCC(C)C)CC1=C(CC(C)C)NC2C=C(/C=C/C(=O)NO)C=CN12. The summed E-state index contributed by atoms with van der Waals surface area (Å²) in [5.41, 5.74) is 5.21. The first-order valence-electron chi connectivity index (χ1n) is 10.3. The number of hydrogen-bond donors (Lipinski definition) is 3. The van der Waals surface area contributed by atoms with Gasteiger partial charge < -0.3 is 10.2 Å². The maximum atomic E-state index is 11.2. The van der Waals surface area contributed by atoms with Crippen LogP contribution in [0.1, 0.15) is 47.5 Å². The average Bonchev–Trinajstić information content (AvgIpc) is 2.98. The summed E-state index contributed by atoms with van der Waals surface area (Å²) < 4.78 is 0. The molecule has 0 aliphatic carbocycles. The van der Waals surface area contributed by atoms with E-state index in [9.17, 15) is 4.79 Å². The first-order valence-corrected chi connectivity index (χ1v) is 10.3. The van der Waals surface area contributed by atoms with Crippen LogP contribution < -0.4 is 10.8 Å².